The Bertz CT molecular complexity index is 870. The van der Waals surface area contributed by atoms with Crippen LogP contribution in [0.4, 0.5) is 0 Å². The second-order valence-corrected chi connectivity index (χ2v) is 9.97. The molecule has 0 aromatic heterocycles. The van der Waals surface area contributed by atoms with Gasteiger partial charge in [-0.2, -0.15) is 0 Å². The molecule has 0 atom stereocenters. The summed E-state index contributed by atoms with van der Waals surface area (Å²) < 4.78 is 20.0. The zero-order valence-corrected chi connectivity index (χ0v) is 17.1. The molecule has 1 saturated carbocycles. The summed E-state index contributed by atoms with van der Waals surface area (Å²) >= 11 is 0. The van der Waals surface area contributed by atoms with Gasteiger partial charge in [0.05, 0.1) is 6.61 Å². The lowest BCUT2D eigenvalue weighted by Crippen LogP contribution is -2.18. The normalized spacial score (nSPS) is 15.4. The summed E-state index contributed by atoms with van der Waals surface area (Å²) in [5.41, 5.74) is 2.49. The molecule has 2 nitrogen and oxygen atoms in total. The van der Waals surface area contributed by atoms with Gasteiger partial charge in [0.1, 0.15) is 0 Å². The predicted octanol–water partition coefficient (Wildman–Crippen LogP) is 6.18. The van der Waals surface area contributed by atoms with E-state index in [1.807, 2.05) is 60.7 Å². The second-order valence-electron chi connectivity index (χ2n) is 7.57. The Kier molecular flexibility index (Phi) is 6.10. The first kappa shape index (κ1) is 19.2. The fourth-order valence-corrected chi connectivity index (χ4v) is 6.09. The molecule has 0 spiro atoms. The Labute approximate surface area is 168 Å². The van der Waals surface area contributed by atoms with Crippen molar-refractivity contribution in [3.63, 3.8) is 0 Å². The van der Waals surface area contributed by atoms with Gasteiger partial charge in [-0.25, -0.2) is 0 Å². The summed E-state index contributed by atoms with van der Waals surface area (Å²) in [6, 6.07) is 27.8. The lowest BCUT2D eigenvalue weighted by Gasteiger charge is -2.22. The molecule has 0 saturated heterocycles. The van der Waals surface area contributed by atoms with E-state index in [1.165, 1.54) is 37.7 Å². The molecule has 0 unspecified atom stereocenters. The van der Waals surface area contributed by atoms with Crippen LogP contribution in [0, 0.1) is 0 Å². The molecule has 0 amide bonds. The van der Waals surface area contributed by atoms with E-state index in [-0.39, 0.29) is 0 Å². The zero-order valence-electron chi connectivity index (χ0n) is 16.2. The van der Waals surface area contributed by atoms with Crippen molar-refractivity contribution in [2.24, 2.45) is 0 Å². The van der Waals surface area contributed by atoms with E-state index < -0.39 is 7.37 Å². The molecule has 28 heavy (non-hydrogen) atoms. The van der Waals surface area contributed by atoms with Crippen molar-refractivity contribution < 1.29 is 9.09 Å². The van der Waals surface area contributed by atoms with Crippen LogP contribution in [0.2, 0.25) is 0 Å². The van der Waals surface area contributed by atoms with Crippen LogP contribution in [0.1, 0.15) is 49.1 Å². The third-order valence-electron chi connectivity index (χ3n) is 5.66. The highest BCUT2D eigenvalue weighted by Crippen LogP contribution is 2.45. The fraction of sp³-hybridized carbons (Fsp3) is 0.280. The quantitative estimate of drug-likeness (QED) is 0.470. The van der Waals surface area contributed by atoms with E-state index in [4.69, 9.17) is 4.52 Å². The summed E-state index contributed by atoms with van der Waals surface area (Å²) in [6.45, 7) is 0.339. The lowest BCUT2D eigenvalue weighted by atomic mass is 9.84. The maximum absolute atomic E-state index is 13.9. The first-order valence-electron chi connectivity index (χ1n) is 10.2. The standard InChI is InChI=1S/C25H27O2P/c26-28(24-12-6-2-7-13-24,25-14-8-3-9-15-25)27-20-21-16-18-23(19-17-21)22-10-4-1-5-11-22/h2-3,6-9,12-19,22H,1,4-5,10-11,20H2. The average molecular weight is 390 g/mol. The van der Waals surface area contributed by atoms with E-state index in [1.54, 1.807) is 0 Å². The summed E-state index contributed by atoms with van der Waals surface area (Å²) in [4.78, 5) is 0. The lowest BCUT2D eigenvalue weighted by molar-refractivity contribution is 0.316. The number of hydrogen-bond acceptors (Lipinski definition) is 2. The molecular weight excluding hydrogens is 363 g/mol. The minimum atomic E-state index is -3.13. The van der Waals surface area contributed by atoms with Crippen molar-refractivity contribution in [1.82, 2.24) is 0 Å². The molecule has 0 bridgehead atoms. The molecule has 3 heteroatoms. The SMILES string of the molecule is O=P(OCc1ccc(C2CCCCC2)cc1)(c1ccccc1)c1ccccc1. The van der Waals surface area contributed by atoms with Gasteiger partial charge in [0, 0.05) is 10.6 Å². The van der Waals surface area contributed by atoms with Crippen LogP contribution in [0.25, 0.3) is 0 Å². The largest absolute Gasteiger partial charge is 0.317 e. The molecule has 1 aliphatic carbocycles. The van der Waals surface area contributed by atoms with Gasteiger partial charge in [-0.1, -0.05) is 79.9 Å². The molecule has 0 heterocycles. The van der Waals surface area contributed by atoms with E-state index in [2.05, 4.69) is 24.3 Å². The molecule has 0 radical (unpaired) electrons. The van der Waals surface area contributed by atoms with Crippen LogP contribution in [0.5, 0.6) is 0 Å². The Morgan fingerprint density at radius 1 is 0.714 bits per heavy atom. The monoisotopic (exact) mass is 390 g/mol. The molecule has 0 aliphatic heterocycles. The molecule has 144 valence electrons. The summed E-state index contributed by atoms with van der Waals surface area (Å²) in [6.07, 6.45) is 6.65. The van der Waals surface area contributed by atoms with Gasteiger partial charge in [0.25, 0.3) is 7.37 Å². The molecule has 3 aromatic rings. The number of rotatable bonds is 6. The van der Waals surface area contributed by atoms with E-state index in [0.717, 1.165) is 16.2 Å². The third kappa shape index (κ3) is 4.29. The van der Waals surface area contributed by atoms with Crippen molar-refractivity contribution in [1.29, 1.82) is 0 Å². The Morgan fingerprint density at radius 2 is 1.25 bits per heavy atom. The van der Waals surface area contributed by atoms with Crippen LogP contribution in [-0.4, -0.2) is 0 Å². The molecule has 3 aromatic carbocycles. The van der Waals surface area contributed by atoms with Crippen LogP contribution in [0.3, 0.4) is 0 Å². The van der Waals surface area contributed by atoms with Crippen molar-refractivity contribution in [3.05, 3.63) is 96.1 Å². The predicted molar refractivity (Wildman–Crippen MR) is 117 cm³/mol. The molecular formula is C25H27O2P. The van der Waals surface area contributed by atoms with E-state index in [0.29, 0.717) is 12.5 Å². The maximum atomic E-state index is 13.9. The summed E-state index contributed by atoms with van der Waals surface area (Å²) in [5, 5.41) is 1.47. The van der Waals surface area contributed by atoms with Gasteiger partial charge in [-0.05, 0) is 54.2 Å². The third-order valence-corrected chi connectivity index (χ3v) is 8.11. The van der Waals surface area contributed by atoms with Crippen LogP contribution >= 0.6 is 7.37 Å². The number of benzene rings is 3. The first-order chi connectivity index (χ1) is 13.8. The summed E-state index contributed by atoms with van der Waals surface area (Å²) in [5.74, 6) is 0.698. The Balaban J connectivity index is 1.53. The van der Waals surface area contributed by atoms with Crippen LogP contribution < -0.4 is 10.6 Å². The van der Waals surface area contributed by atoms with Gasteiger partial charge in [0.15, 0.2) is 0 Å². The first-order valence-corrected chi connectivity index (χ1v) is 11.8. The van der Waals surface area contributed by atoms with Gasteiger partial charge < -0.3 is 4.52 Å². The van der Waals surface area contributed by atoms with E-state index >= 15 is 0 Å². The number of hydrogen-bond donors (Lipinski definition) is 0. The Hall–Kier alpha value is -2.15. The van der Waals surface area contributed by atoms with Gasteiger partial charge in [-0.3, -0.25) is 4.57 Å². The second kappa shape index (κ2) is 8.90. The minimum absolute atomic E-state index is 0.339. The molecule has 1 fully saturated rings. The fourth-order valence-electron chi connectivity index (χ4n) is 4.03. The van der Waals surface area contributed by atoms with Crippen LogP contribution in [-0.2, 0) is 15.7 Å². The van der Waals surface area contributed by atoms with Crippen molar-refractivity contribution in [2.75, 3.05) is 0 Å². The summed E-state index contributed by atoms with van der Waals surface area (Å²) in [7, 11) is -3.13. The minimum Gasteiger partial charge on any atom is -0.317 e. The highest BCUT2D eigenvalue weighted by Gasteiger charge is 2.28. The van der Waals surface area contributed by atoms with Crippen LogP contribution in [0.15, 0.2) is 84.9 Å². The highest BCUT2D eigenvalue weighted by atomic mass is 31.2. The smallest absolute Gasteiger partial charge is 0.261 e. The average Bonchev–Trinajstić information content (AvgIpc) is 2.79. The van der Waals surface area contributed by atoms with E-state index in [9.17, 15) is 4.57 Å². The van der Waals surface area contributed by atoms with Crippen molar-refractivity contribution >= 4 is 18.0 Å². The zero-order chi connectivity index (χ0) is 19.2. The Morgan fingerprint density at radius 3 is 1.79 bits per heavy atom. The molecule has 1 aliphatic rings. The van der Waals surface area contributed by atoms with Gasteiger partial charge in [0.2, 0.25) is 0 Å². The highest BCUT2D eigenvalue weighted by molar-refractivity contribution is 7.74. The molecule has 0 N–H and O–H groups in total. The van der Waals surface area contributed by atoms with Gasteiger partial charge in [-0.15, -0.1) is 0 Å². The topological polar surface area (TPSA) is 26.3 Å². The molecule has 4 rings (SSSR count). The van der Waals surface area contributed by atoms with Crippen molar-refractivity contribution in [2.45, 2.75) is 44.6 Å². The van der Waals surface area contributed by atoms with Gasteiger partial charge >= 0.3 is 0 Å². The maximum Gasteiger partial charge on any atom is 0.261 e. The van der Waals surface area contributed by atoms with Crippen molar-refractivity contribution in [3.8, 4) is 0 Å².